The number of benzene rings is 5. The highest BCUT2D eigenvalue weighted by Gasteiger charge is 2.20. The maximum atomic E-state index is 8.44. The largest absolute Gasteiger partial charge is 0.212 e. The van der Waals surface area contributed by atoms with E-state index in [0.29, 0.717) is 39.1 Å². The first-order valence-corrected chi connectivity index (χ1v) is 31.0. The Kier molecular flexibility index (Phi) is 15.9. The van der Waals surface area contributed by atoms with Gasteiger partial charge < -0.3 is 0 Å². The van der Waals surface area contributed by atoms with Crippen LogP contribution in [0.3, 0.4) is 0 Å². The lowest BCUT2D eigenvalue weighted by molar-refractivity contribution is -0.661. The zero-order valence-corrected chi connectivity index (χ0v) is 58.0. The van der Waals surface area contributed by atoms with Crippen molar-refractivity contribution in [1.29, 1.82) is 0 Å². The van der Waals surface area contributed by atoms with Gasteiger partial charge in [0, 0.05) is 120 Å². The molecule has 482 valence electrons. The molecule has 0 aliphatic carbocycles. The van der Waals surface area contributed by atoms with Crippen LogP contribution in [0.1, 0.15) is 229 Å². The molecule has 0 N–H and O–H groups in total. The van der Waals surface area contributed by atoms with E-state index in [0.717, 1.165) is 78.4 Å². The predicted octanol–water partition coefficient (Wildman–Crippen LogP) is 20.2. The van der Waals surface area contributed by atoms with Gasteiger partial charge in [0.2, 0.25) is 28.5 Å². The fourth-order valence-electron chi connectivity index (χ4n) is 10.9. The summed E-state index contributed by atoms with van der Waals surface area (Å²) in [7, 11) is 9.31. The minimum Gasteiger partial charge on any atom is -0.201 e. The first-order valence-electron chi connectivity index (χ1n) is 43.5. The van der Waals surface area contributed by atoms with Crippen molar-refractivity contribution in [3.05, 3.63) is 266 Å². The van der Waals surface area contributed by atoms with Crippen molar-refractivity contribution in [3.63, 3.8) is 0 Å². The molecule has 5 heterocycles. The van der Waals surface area contributed by atoms with Crippen LogP contribution in [0.25, 0.3) is 56.3 Å². The van der Waals surface area contributed by atoms with Gasteiger partial charge in [-0.05, 0) is 204 Å². The molecule has 0 spiro atoms. The van der Waals surface area contributed by atoms with Crippen LogP contribution in [0.15, 0.2) is 177 Å². The number of pyridine rings is 5. The van der Waals surface area contributed by atoms with Gasteiger partial charge in [-0.2, -0.15) is 0 Å². The molecular weight excluding hydrogens is 1110 g/mol. The lowest BCUT2D eigenvalue weighted by Crippen LogP contribution is -2.32. The van der Waals surface area contributed by atoms with Gasteiger partial charge in [-0.1, -0.05) is 153 Å². The van der Waals surface area contributed by atoms with Crippen LogP contribution in [0.5, 0.6) is 0 Å². The van der Waals surface area contributed by atoms with Crippen LogP contribution in [0, 0.1) is 68.9 Å². The van der Waals surface area contributed by atoms with Gasteiger partial charge in [-0.15, -0.1) is 0 Å². The average molecular weight is 1260 g/mol. The average Bonchev–Trinajstić information content (AvgIpc) is 0.745. The molecular formula is C87H114N5+5. The summed E-state index contributed by atoms with van der Waals surface area (Å²) in [5.41, 5.74) is 19.4. The van der Waals surface area contributed by atoms with Crippen LogP contribution in [-0.4, -0.2) is 0 Å². The second-order valence-corrected chi connectivity index (χ2v) is 24.8. The van der Waals surface area contributed by atoms with E-state index in [-0.39, 0.29) is 16.7 Å². The molecule has 1 atom stereocenters. The molecule has 0 saturated carbocycles. The summed E-state index contributed by atoms with van der Waals surface area (Å²) in [6.07, 6.45) is 7.35. The molecule has 0 aliphatic rings. The number of hydrogen-bond acceptors (Lipinski definition) is 0. The van der Waals surface area contributed by atoms with E-state index in [1.807, 2.05) is 197 Å². The van der Waals surface area contributed by atoms with E-state index in [1.54, 1.807) is 73.4 Å². The van der Waals surface area contributed by atoms with E-state index >= 15 is 0 Å². The zero-order valence-electron chi connectivity index (χ0n) is 83.0. The number of nitrogens with zero attached hydrogens (tertiary/aromatic N) is 5. The van der Waals surface area contributed by atoms with Gasteiger partial charge in [0.05, 0.1) is 0 Å². The van der Waals surface area contributed by atoms with E-state index in [9.17, 15) is 0 Å². The number of aromatic nitrogens is 5. The standard InChI is InChI=1S/C19H26N.C18H24N.2C17H22N.C16H20N/c1-13(2)16-7-9-18(15(5)11-16)19-10-8-17(14(3)4)12-20(19)6;1-12(2)17-10-18(19(6)11-15(17)5)16-8-7-13(3)9-14(16)4;1-12(2)15-7-8-16(14(4)10-15)17-9-6-13(3)11-18(17)5;1-12(2)15-7-9-17(18(5)11-15)16-8-6-13(3)10-14(16)4;1-5-14-7-9-16(17(4)11-14)15-8-6-12(2)10-13(15)3/h7-14H,1-6H3;7-12H,1-6H3;2*6-12H,1-5H3;6-11H,5H2,1-4H3/q5*+1/i13D,14D;1D3,3D3,5D3,12D;2*3D3,12D;2D3,5D2. The van der Waals surface area contributed by atoms with E-state index in [2.05, 4.69) is 29.7 Å². The minimum absolute atomic E-state index is 0.107. The molecule has 5 heteroatoms. The Morgan fingerprint density at radius 3 is 0.967 bits per heavy atom. The molecule has 0 bridgehead atoms. The van der Waals surface area contributed by atoms with Gasteiger partial charge in [0.1, 0.15) is 35.2 Å². The summed E-state index contributed by atoms with van der Waals surface area (Å²) in [4.78, 5) is 0. The van der Waals surface area contributed by atoms with Gasteiger partial charge in [0.15, 0.2) is 31.0 Å². The van der Waals surface area contributed by atoms with Gasteiger partial charge in [0.25, 0.3) is 0 Å². The Labute approximate surface area is 593 Å². The van der Waals surface area contributed by atoms with Crippen LogP contribution in [0.2, 0.25) is 0 Å². The molecule has 0 fully saturated rings. The van der Waals surface area contributed by atoms with Crippen LogP contribution < -0.4 is 22.8 Å². The first-order chi connectivity index (χ1) is 52.9. The monoisotopic (exact) mass is 1250 g/mol. The highest BCUT2D eigenvalue weighted by molar-refractivity contribution is 5.66. The smallest absolute Gasteiger partial charge is 0.201 e. The topological polar surface area (TPSA) is 19.4 Å². The summed E-state index contributed by atoms with van der Waals surface area (Å²) in [6.45, 7) is 13.5. The summed E-state index contributed by atoms with van der Waals surface area (Å²) in [5, 5.41) is 0. The third-order valence-electron chi connectivity index (χ3n) is 16.3. The van der Waals surface area contributed by atoms with Crippen molar-refractivity contribution in [3.8, 4) is 56.3 Å². The van der Waals surface area contributed by atoms with Crippen molar-refractivity contribution >= 4 is 0 Å². The molecule has 10 aromatic rings. The maximum absolute atomic E-state index is 8.44. The normalized spacial score (nSPS) is 17.1. The Hall–Kier alpha value is -8.15. The maximum Gasteiger partial charge on any atom is 0.212 e. The highest BCUT2D eigenvalue weighted by Crippen LogP contribution is 2.30. The molecule has 0 aliphatic heterocycles. The van der Waals surface area contributed by atoms with Crippen molar-refractivity contribution < 1.29 is 57.1 Å². The van der Waals surface area contributed by atoms with Crippen molar-refractivity contribution in [2.75, 3.05) is 0 Å². The van der Waals surface area contributed by atoms with Gasteiger partial charge in [-0.3, -0.25) is 0 Å². The molecule has 0 saturated heterocycles. The number of rotatable bonds is 11. The molecule has 0 amide bonds. The lowest BCUT2D eigenvalue weighted by Gasteiger charge is -2.12. The number of aryl methyl sites for hydroxylation is 16. The molecule has 5 nitrogen and oxygen atoms in total. The fraction of sp³-hybridized carbons (Fsp3) is 0.368. The zero-order chi connectivity index (χ0) is 89.4. The first kappa shape index (κ1) is 44.4. The van der Waals surface area contributed by atoms with Crippen molar-refractivity contribution in [2.24, 2.45) is 35.2 Å². The molecule has 0 radical (unpaired) electrons. The van der Waals surface area contributed by atoms with Crippen LogP contribution in [-0.2, 0) is 41.6 Å². The SMILES string of the molecule is [2H]C(C)(C)c1ccc(-c2ccc(C([2H])(C)C)c[n+]2C)c(C)c1.[2H]C([2H])([2H])c1ccc(-c2cc(C([2H])(C)C([2H])([2H])[2H])c(C([2H])([2H])[2H])c[n+]2C)c(C)c1.[2H]C([2H])([2H])c1ccc(-c2ccc(C([2H])(C)C)c[n+]2C)c(C)c1.[2H]C([2H])([2H])c1ccc(-c2ccc(C([2H])(C)C)cc2C)[n+](C)c1.[2H]C([2H])([2H])c1ccc(-c2ccc(C([2H])([2H])C)c[n+]2C)c(C)c1. The van der Waals surface area contributed by atoms with Crippen LogP contribution in [0.4, 0.5) is 0 Å². The Balaban J connectivity index is 0.000000228. The predicted molar refractivity (Wildman–Crippen MR) is 392 cm³/mol. The third kappa shape index (κ3) is 19.2. The number of hydrogen-bond donors (Lipinski definition) is 0. The lowest BCUT2D eigenvalue weighted by atomic mass is 9.95. The molecule has 92 heavy (non-hydrogen) atoms. The third-order valence-corrected chi connectivity index (χ3v) is 16.3. The molecule has 10 rings (SSSR count). The van der Waals surface area contributed by atoms with Crippen LogP contribution >= 0.6 is 0 Å². The summed E-state index contributed by atoms with van der Waals surface area (Å²) in [5.74, 6) is -4.59. The van der Waals surface area contributed by atoms with E-state index in [4.69, 9.17) is 34.3 Å². The summed E-state index contributed by atoms with van der Waals surface area (Å²) >= 11 is 0. The van der Waals surface area contributed by atoms with Crippen molar-refractivity contribution in [2.45, 2.75) is 181 Å². The summed E-state index contributed by atoms with van der Waals surface area (Å²) in [6, 6.07) is 43.8. The Bertz CT molecular complexity index is 4460. The molecule has 5 aromatic carbocycles. The Morgan fingerprint density at radius 2 is 0.641 bits per heavy atom. The van der Waals surface area contributed by atoms with E-state index < -0.39 is 77.0 Å². The minimum atomic E-state index is -2.75. The fourth-order valence-corrected chi connectivity index (χ4v) is 10.9. The van der Waals surface area contributed by atoms with E-state index in [1.165, 1.54) is 49.4 Å². The second-order valence-electron chi connectivity index (χ2n) is 24.8. The van der Waals surface area contributed by atoms with Gasteiger partial charge in [-0.25, -0.2) is 22.8 Å². The van der Waals surface area contributed by atoms with Crippen molar-refractivity contribution in [1.82, 2.24) is 0 Å². The highest BCUT2D eigenvalue weighted by atomic mass is 14.9. The molecule has 1 unspecified atom stereocenters. The molecule has 5 aromatic heterocycles. The Morgan fingerprint density at radius 1 is 0.315 bits per heavy atom. The van der Waals surface area contributed by atoms with Gasteiger partial charge >= 0.3 is 0 Å². The summed E-state index contributed by atoms with van der Waals surface area (Å²) < 4.78 is 202. The second kappa shape index (κ2) is 32.9. The quantitative estimate of drug-likeness (QED) is 0.115.